The highest BCUT2D eigenvalue weighted by molar-refractivity contribution is 8.00. The predicted molar refractivity (Wildman–Crippen MR) is 59.5 cm³/mol. The number of carbonyl (C=O) groups is 2. The Bertz CT molecular complexity index is 411. The fourth-order valence-electron chi connectivity index (χ4n) is 0.871. The minimum atomic E-state index is -0.885. The molecule has 0 saturated carbocycles. The topological polar surface area (TPSA) is 124 Å². The molecule has 0 bridgehead atoms. The number of urea groups is 1. The third kappa shape index (κ3) is 3.39. The molecular weight excluding hydrogens is 230 g/mol. The van der Waals surface area contributed by atoms with Crippen LogP contribution in [0, 0.1) is 0 Å². The van der Waals surface area contributed by atoms with Crippen LogP contribution >= 0.6 is 11.8 Å². The Labute approximate surface area is 96.0 Å². The van der Waals surface area contributed by atoms with Crippen LogP contribution in [-0.2, 0) is 4.79 Å². The summed E-state index contributed by atoms with van der Waals surface area (Å²) < 4.78 is 0. The maximum absolute atomic E-state index is 11.3. The number of aromatic nitrogens is 2. The summed E-state index contributed by atoms with van der Waals surface area (Å²) in [5.74, 6) is -0.256. The Morgan fingerprint density at radius 3 is 2.62 bits per heavy atom. The molecule has 16 heavy (non-hydrogen) atoms. The van der Waals surface area contributed by atoms with E-state index in [1.807, 2.05) is 5.32 Å². The van der Waals surface area contributed by atoms with Gasteiger partial charge in [-0.25, -0.2) is 14.8 Å². The Kier molecular flexibility index (Phi) is 4.06. The van der Waals surface area contributed by atoms with Gasteiger partial charge in [-0.05, 0) is 6.92 Å². The number of primary amides is 1. The highest BCUT2D eigenvalue weighted by Gasteiger charge is 2.17. The molecule has 1 heterocycles. The lowest BCUT2D eigenvalue weighted by Gasteiger charge is -2.09. The maximum Gasteiger partial charge on any atom is 0.318 e. The molecule has 1 atom stereocenters. The molecule has 0 fully saturated rings. The van der Waals surface area contributed by atoms with Crippen molar-refractivity contribution >= 4 is 29.5 Å². The molecular formula is C8H11N5O2S. The molecule has 0 saturated heterocycles. The number of anilines is 1. The van der Waals surface area contributed by atoms with Crippen molar-refractivity contribution in [2.24, 2.45) is 5.73 Å². The Hall–Kier alpha value is -1.83. The average molecular weight is 241 g/mol. The summed E-state index contributed by atoms with van der Waals surface area (Å²) >= 11 is 1.10. The number of nitrogens with zero attached hydrogens (tertiary/aromatic N) is 2. The van der Waals surface area contributed by atoms with E-state index >= 15 is 0 Å². The van der Waals surface area contributed by atoms with E-state index in [4.69, 9.17) is 11.5 Å². The van der Waals surface area contributed by atoms with Crippen LogP contribution in [0.25, 0.3) is 0 Å². The molecule has 1 rings (SSSR count). The van der Waals surface area contributed by atoms with Gasteiger partial charge in [-0.2, -0.15) is 0 Å². The standard InChI is InChI=1S/C8H11N5O2S/c1-4(6(14)13-8(10)15)16-7-5(9)11-2-3-12-7/h2-4H,1H3,(H2,9,11)(H3,10,13,14,15). The number of carbonyl (C=O) groups excluding carboxylic acids is 2. The first kappa shape index (κ1) is 12.2. The maximum atomic E-state index is 11.3. The van der Waals surface area contributed by atoms with Crippen LogP contribution in [0.1, 0.15) is 6.92 Å². The number of imide groups is 1. The summed E-state index contributed by atoms with van der Waals surface area (Å²) in [5.41, 5.74) is 10.4. The first-order chi connectivity index (χ1) is 7.50. The van der Waals surface area contributed by atoms with Gasteiger partial charge in [-0.3, -0.25) is 10.1 Å². The zero-order valence-corrected chi connectivity index (χ0v) is 9.32. The average Bonchev–Trinajstić information content (AvgIpc) is 2.20. The van der Waals surface area contributed by atoms with Crippen molar-refractivity contribution in [3.05, 3.63) is 12.4 Å². The van der Waals surface area contributed by atoms with Gasteiger partial charge >= 0.3 is 6.03 Å². The summed E-state index contributed by atoms with van der Waals surface area (Å²) in [7, 11) is 0. The van der Waals surface area contributed by atoms with Crippen molar-refractivity contribution in [1.82, 2.24) is 15.3 Å². The van der Waals surface area contributed by atoms with Crippen LogP contribution in [0.3, 0.4) is 0 Å². The molecule has 1 aromatic heterocycles. The monoisotopic (exact) mass is 241 g/mol. The van der Waals surface area contributed by atoms with Crippen molar-refractivity contribution in [2.75, 3.05) is 5.73 Å². The van der Waals surface area contributed by atoms with Crippen LogP contribution in [-0.4, -0.2) is 27.2 Å². The van der Waals surface area contributed by atoms with Crippen LogP contribution < -0.4 is 16.8 Å². The molecule has 5 N–H and O–H groups in total. The third-order valence-corrected chi connectivity index (χ3v) is 2.70. The largest absolute Gasteiger partial charge is 0.381 e. The van der Waals surface area contributed by atoms with Gasteiger partial charge in [0.15, 0.2) is 5.82 Å². The molecule has 0 aliphatic carbocycles. The number of nitrogens with one attached hydrogen (secondary N) is 1. The van der Waals surface area contributed by atoms with Gasteiger partial charge in [0.2, 0.25) is 5.91 Å². The number of hydrogen-bond acceptors (Lipinski definition) is 6. The van der Waals surface area contributed by atoms with Crippen LogP contribution in [0.15, 0.2) is 17.4 Å². The molecule has 0 radical (unpaired) electrons. The summed E-state index contributed by atoms with van der Waals surface area (Å²) in [5, 5.41) is 1.88. The molecule has 1 unspecified atom stereocenters. The summed E-state index contributed by atoms with van der Waals surface area (Å²) in [6, 6.07) is -0.885. The van der Waals surface area contributed by atoms with Crippen molar-refractivity contribution in [2.45, 2.75) is 17.2 Å². The molecule has 0 aliphatic heterocycles. The Morgan fingerprint density at radius 1 is 1.44 bits per heavy atom. The molecule has 3 amide bonds. The second kappa shape index (κ2) is 5.31. The fraction of sp³-hybridized carbons (Fsp3) is 0.250. The number of thioether (sulfide) groups is 1. The lowest BCUT2D eigenvalue weighted by atomic mass is 10.4. The Balaban J connectivity index is 2.64. The van der Waals surface area contributed by atoms with E-state index in [9.17, 15) is 9.59 Å². The number of nitrogen functional groups attached to an aromatic ring is 1. The zero-order chi connectivity index (χ0) is 12.1. The number of hydrogen-bond donors (Lipinski definition) is 3. The van der Waals surface area contributed by atoms with Gasteiger partial charge in [0, 0.05) is 12.4 Å². The minimum Gasteiger partial charge on any atom is -0.381 e. The number of amides is 3. The second-order valence-corrected chi connectivity index (χ2v) is 4.19. The molecule has 8 heteroatoms. The Morgan fingerprint density at radius 2 is 2.06 bits per heavy atom. The zero-order valence-electron chi connectivity index (χ0n) is 8.51. The molecule has 0 aromatic carbocycles. The normalized spacial score (nSPS) is 11.8. The van der Waals surface area contributed by atoms with E-state index in [0.29, 0.717) is 5.03 Å². The van der Waals surface area contributed by atoms with Crippen molar-refractivity contribution < 1.29 is 9.59 Å². The molecule has 0 spiro atoms. The highest BCUT2D eigenvalue weighted by Crippen LogP contribution is 2.24. The first-order valence-corrected chi connectivity index (χ1v) is 5.22. The highest BCUT2D eigenvalue weighted by atomic mass is 32.2. The third-order valence-electron chi connectivity index (χ3n) is 1.60. The minimum absolute atomic E-state index is 0.242. The smallest absolute Gasteiger partial charge is 0.318 e. The van der Waals surface area contributed by atoms with E-state index in [0.717, 1.165) is 11.8 Å². The van der Waals surface area contributed by atoms with Crippen LogP contribution in [0.5, 0.6) is 0 Å². The van der Waals surface area contributed by atoms with Gasteiger partial charge in [0.25, 0.3) is 0 Å². The van der Waals surface area contributed by atoms with Crippen molar-refractivity contribution in [3.8, 4) is 0 Å². The predicted octanol–water partition coefficient (Wildman–Crippen LogP) is -0.266. The summed E-state index contributed by atoms with van der Waals surface area (Å²) in [6.07, 6.45) is 2.92. The van der Waals surface area contributed by atoms with Gasteiger partial charge in [0.1, 0.15) is 5.03 Å². The summed E-state index contributed by atoms with van der Waals surface area (Å²) in [6.45, 7) is 1.61. The van der Waals surface area contributed by atoms with Crippen LogP contribution in [0.4, 0.5) is 10.6 Å². The van der Waals surface area contributed by atoms with E-state index in [1.165, 1.54) is 12.4 Å². The van der Waals surface area contributed by atoms with E-state index in [1.54, 1.807) is 6.92 Å². The molecule has 0 aliphatic rings. The van der Waals surface area contributed by atoms with E-state index in [-0.39, 0.29) is 5.82 Å². The fourth-order valence-corrected chi connectivity index (χ4v) is 1.67. The first-order valence-electron chi connectivity index (χ1n) is 4.34. The SMILES string of the molecule is CC(Sc1nccnc1N)C(=O)NC(N)=O. The lowest BCUT2D eigenvalue weighted by Crippen LogP contribution is -2.39. The van der Waals surface area contributed by atoms with Gasteiger partial charge in [-0.15, -0.1) is 0 Å². The molecule has 1 aromatic rings. The molecule has 7 nitrogen and oxygen atoms in total. The van der Waals surface area contributed by atoms with Crippen LogP contribution in [0.2, 0.25) is 0 Å². The van der Waals surface area contributed by atoms with Gasteiger partial charge in [0.05, 0.1) is 5.25 Å². The lowest BCUT2D eigenvalue weighted by molar-refractivity contribution is -0.119. The molecule has 86 valence electrons. The van der Waals surface area contributed by atoms with Crippen molar-refractivity contribution in [3.63, 3.8) is 0 Å². The van der Waals surface area contributed by atoms with Gasteiger partial charge < -0.3 is 11.5 Å². The second-order valence-electron chi connectivity index (χ2n) is 2.86. The van der Waals surface area contributed by atoms with Gasteiger partial charge in [-0.1, -0.05) is 11.8 Å². The van der Waals surface area contributed by atoms with E-state index in [2.05, 4.69) is 9.97 Å². The van der Waals surface area contributed by atoms with E-state index < -0.39 is 17.2 Å². The quantitative estimate of drug-likeness (QED) is 0.626. The number of nitrogens with two attached hydrogens (primary N) is 2. The summed E-state index contributed by atoms with van der Waals surface area (Å²) in [4.78, 5) is 29.6. The number of rotatable bonds is 3. The van der Waals surface area contributed by atoms with Crippen molar-refractivity contribution in [1.29, 1.82) is 0 Å².